The van der Waals surface area contributed by atoms with Crippen molar-refractivity contribution in [1.29, 1.82) is 0 Å². The van der Waals surface area contributed by atoms with Crippen molar-refractivity contribution in [2.75, 3.05) is 10.6 Å². The summed E-state index contributed by atoms with van der Waals surface area (Å²) in [5.74, 6) is -1.08. The number of hydrogen-bond donors (Lipinski definition) is 2. The lowest BCUT2D eigenvalue weighted by Crippen LogP contribution is -2.24. The molecule has 3 aromatic rings. The largest absolute Gasteiger partial charge is 0.324 e. The van der Waals surface area contributed by atoms with E-state index in [2.05, 4.69) is 20.7 Å². The smallest absolute Gasteiger partial charge is 0.255 e. The summed E-state index contributed by atoms with van der Waals surface area (Å²) in [5.41, 5.74) is 1.82. The number of amides is 2. The minimum Gasteiger partial charge on any atom is -0.324 e. The van der Waals surface area contributed by atoms with Crippen molar-refractivity contribution in [2.45, 2.75) is 19.9 Å². The van der Waals surface area contributed by atoms with Crippen LogP contribution in [0.15, 0.2) is 55.1 Å². The zero-order chi connectivity index (χ0) is 19.4. The van der Waals surface area contributed by atoms with Crippen molar-refractivity contribution in [1.82, 2.24) is 14.8 Å². The maximum atomic E-state index is 13.6. The molecule has 1 heterocycles. The van der Waals surface area contributed by atoms with Crippen molar-refractivity contribution in [2.24, 2.45) is 0 Å². The SMILES string of the molecule is Cc1ccc(C(=O)Nc2ccc(NC(=O)C(C)n3cncn3)cc2)cc1F. The van der Waals surface area contributed by atoms with Crippen LogP contribution in [0.4, 0.5) is 15.8 Å². The molecule has 1 unspecified atom stereocenters. The molecule has 2 aromatic carbocycles. The van der Waals surface area contributed by atoms with E-state index < -0.39 is 17.8 Å². The lowest BCUT2D eigenvalue weighted by atomic mass is 10.1. The van der Waals surface area contributed by atoms with Gasteiger partial charge in [-0.1, -0.05) is 6.07 Å². The molecule has 8 heteroatoms. The Bertz CT molecular complexity index is 955. The minimum atomic E-state index is -0.511. The van der Waals surface area contributed by atoms with Gasteiger partial charge in [-0.05, 0) is 55.8 Å². The summed E-state index contributed by atoms with van der Waals surface area (Å²) in [6.45, 7) is 3.34. The summed E-state index contributed by atoms with van der Waals surface area (Å²) < 4.78 is 15.0. The van der Waals surface area contributed by atoms with Gasteiger partial charge >= 0.3 is 0 Å². The molecule has 0 saturated heterocycles. The molecule has 0 aliphatic carbocycles. The van der Waals surface area contributed by atoms with E-state index in [0.29, 0.717) is 16.9 Å². The van der Waals surface area contributed by atoms with Crippen LogP contribution in [-0.2, 0) is 4.79 Å². The Morgan fingerprint density at radius 3 is 2.33 bits per heavy atom. The number of nitrogens with one attached hydrogen (secondary N) is 2. The first-order chi connectivity index (χ1) is 12.9. The average molecular weight is 367 g/mol. The molecule has 0 saturated carbocycles. The van der Waals surface area contributed by atoms with Crippen LogP contribution in [0.2, 0.25) is 0 Å². The molecule has 0 radical (unpaired) electrons. The molecule has 1 aromatic heterocycles. The van der Waals surface area contributed by atoms with E-state index in [0.717, 1.165) is 0 Å². The van der Waals surface area contributed by atoms with Gasteiger partial charge in [0.1, 0.15) is 24.5 Å². The Morgan fingerprint density at radius 1 is 1.07 bits per heavy atom. The number of rotatable bonds is 5. The van der Waals surface area contributed by atoms with Crippen molar-refractivity contribution >= 4 is 23.2 Å². The molecule has 2 N–H and O–H groups in total. The van der Waals surface area contributed by atoms with E-state index in [-0.39, 0.29) is 11.5 Å². The van der Waals surface area contributed by atoms with E-state index in [1.807, 2.05) is 0 Å². The van der Waals surface area contributed by atoms with Crippen molar-refractivity contribution in [3.63, 3.8) is 0 Å². The van der Waals surface area contributed by atoms with E-state index in [4.69, 9.17) is 0 Å². The fraction of sp³-hybridized carbons (Fsp3) is 0.158. The molecule has 27 heavy (non-hydrogen) atoms. The third kappa shape index (κ3) is 4.35. The van der Waals surface area contributed by atoms with Crippen molar-refractivity contribution in [3.8, 4) is 0 Å². The van der Waals surface area contributed by atoms with Crippen LogP contribution >= 0.6 is 0 Å². The summed E-state index contributed by atoms with van der Waals surface area (Å²) in [4.78, 5) is 28.2. The number of anilines is 2. The number of aromatic nitrogens is 3. The third-order valence-corrected chi connectivity index (χ3v) is 4.06. The molecule has 0 spiro atoms. The summed E-state index contributed by atoms with van der Waals surface area (Å²) in [5, 5.41) is 9.39. The molecule has 138 valence electrons. The zero-order valence-corrected chi connectivity index (χ0v) is 14.8. The van der Waals surface area contributed by atoms with Crippen LogP contribution in [0, 0.1) is 12.7 Å². The van der Waals surface area contributed by atoms with Crippen LogP contribution in [-0.4, -0.2) is 26.6 Å². The molecule has 0 fully saturated rings. The number of carbonyl (C=O) groups excluding carboxylic acids is 2. The standard InChI is InChI=1S/C19H18FN5O2/c1-12-3-4-14(9-17(12)20)19(27)24-16-7-5-15(6-8-16)23-18(26)13(2)25-11-21-10-22-25/h3-11,13H,1-2H3,(H,23,26)(H,24,27). The lowest BCUT2D eigenvalue weighted by molar-refractivity contribution is -0.119. The van der Waals surface area contributed by atoms with Crippen LogP contribution in [0.1, 0.15) is 28.9 Å². The van der Waals surface area contributed by atoms with Crippen LogP contribution in [0.25, 0.3) is 0 Å². The van der Waals surface area contributed by atoms with E-state index in [1.54, 1.807) is 50.2 Å². The van der Waals surface area contributed by atoms with Crippen LogP contribution in [0.5, 0.6) is 0 Å². The molecule has 0 aliphatic rings. The monoisotopic (exact) mass is 367 g/mol. The Labute approximate surface area is 155 Å². The van der Waals surface area contributed by atoms with E-state index >= 15 is 0 Å². The molecular weight excluding hydrogens is 349 g/mol. The van der Waals surface area contributed by atoms with Gasteiger partial charge in [-0.3, -0.25) is 9.59 Å². The van der Waals surface area contributed by atoms with Gasteiger partial charge in [0.05, 0.1) is 0 Å². The average Bonchev–Trinajstić information content (AvgIpc) is 3.19. The van der Waals surface area contributed by atoms with Gasteiger partial charge in [0.2, 0.25) is 5.91 Å². The minimum absolute atomic E-state index is 0.233. The normalized spacial score (nSPS) is 11.7. The molecule has 3 rings (SSSR count). The van der Waals surface area contributed by atoms with Gasteiger partial charge < -0.3 is 10.6 Å². The Balaban J connectivity index is 1.62. The van der Waals surface area contributed by atoms with Gasteiger partial charge in [0.25, 0.3) is 5.91 Å². The molecule has 1 atom stereocenters. The highest BCUT2D eigenvalue weighted by atomic mass is 19.1. The molecule has 2 amide bonds. The quantitative estimate of drug-likeness (QED) is 0.725. The number of carbonyl (C=O) groups is 2. The fourth-order valence-corrected chi connectivity index (χ4v) is 2.36. The van der Waals surface area contributed by atoms with E-state index in [9.17, 15) is 14.0 Å². The second-order valence-corrected chi connectivity index (χ2v) is 6.04. The molecular formula is C19H18FN5O2. The molecule has 7 nitrogen and oxygen atoms in total. The van der Waals surface area contributed by atoms with Gasteiger partial charge in [0, 0.05) is 16.9 Å². The lowest BCUT2D eigenvalue weighted by Gasteiger charge is -2.12. The van der Waals surface area contributed by atoms with Gasteiger partial charge in [-0.15, -0.1) is 0 Å². The predicted octanol–water partition coefficient (Wildman–Crippen LogP) is 3.18. The van der Waals surface area contributed by atoms with Crippen LogP contribution in [0.3, 0.4) is 0 Å². The highest BCUT2D eigenvalue weighted by molar-refractivity contribution is 6.04. The Kier molecular flexibility index (Phi) is 5.25. The first-order valence-electron chi connectivity index (χ1n) is 8.26. The summed E-state index contributed by atoms with van der Waals surface area (Å²) in [6, 6.07) is 10.4. The maximum absolute atomic E-state index is 13.6. The van der Waals surface area contributed by atoms with Gasteiger partial charge in [0.15, 0.2) is 0 Å². The van der Waals surface area contributed by atoms with Gasteiger partial charge in [-0.25, -0.2) is 14.1 Å². The van der Waals surface area contributed by atoms with E-state index in [1.165, 1.54) is 23.4 Å². The second-order valence-electron chi connectivity index (χ2n) is 6.04. The second kappa shape index (κ2) is 7.77. The third-order valence-electron chi connectivity index (χ3n) is 4.06. The molecule has 0 aliphatic heterocycles. The first-order valence-corrected chi connectivity index (χ1v) is 8.26. The Morgan fingerprint density at radius 2 is 1.74 bits per heavy atom. The Hall–Kier alpha value is -3.55. The van der Waals surface area contributed by atoms with Gasteiger partial charge in [-0.2, -0.15) is 5.10 Å². The van der Waals surface area contributed by atoms with Crippen molar-refractivity contribution < 1.29 is 14.0 Å². The predicted molar refractivity (Wildman–Crippen MR) is 98.9 cm³/mol. The fourth-order valence-electron chi connectivity index (χ4n) is 2.36. The summed E-state index contributed by atoms with van der Waals surface area (Å²) >= 11 is 0. The number of benzene rings is 2. The highest BCUT2D eigenvalue weighted by Gasteiger charge is 2.15. The highest BCUT2D eigenvalue weighted by Crippen LogP contribution is 2.17. The number of nitrogens with zero attached hydrogens (tertiary/aromatic N) is 3. The maximum Gasteiger partial charge on any atom is 0.255 e. The zero-order valence-electron chi connectivity index (χ0n) is 14.8. The number of halogens is 1. The number of aryl methyl sites for hydroxylation is 1. The molecule has 0 bridgehead atoms. The summed E-state index contributed by atoms with van der Waals surface area (Å²) in [6.07, 6.45) is 2.83. The van der Waals surface area contributed by atoms with Crippen LogP contribution < -0.4 is 10.6 Å². The number of hydrogen-bond acceptors (Lipinski definition) is 4. The topological polar surface area (TPSA) is 88.9 Å². The summed E-state index contributed by atoms with van der Waals surface area (Å²) in [7, 11) is 0. The van der Waals surface area contributed by atoms with Crippen molar-refractivity contribution in [3.05, 3.63) is 72.1 Å². The first kappa shape index (κ1) is 18.2.